The average Bonchev–Trinajstić information content (AvgIpc) is 0.759. The highest BCUT2D eigenvalue weighted by Crippen LogP contribution is 2.60. The van der Waals surface area contributed by atoms with Gasteiger partial charge in [-0.15, -0.1) is 0 Å². The van der Waals surface area contributed by atoms with Crippen molar-refractivity contribution in [3.8, 4) is 80.1 Å². The van der Waals surface area contributed by atoms with Crippen molar-refractivity contribution >= 4 is 70.5 Å². The molecule has 8 atom stereocenters. The molecular formula is C69H59Cl2N7O19. The van der Waals surface area contributed by atoms with E-state index < -0.39 is 158 Å². The van der Waals surface area contributed by atoms with E-state index in [1.807, 2.05) is 0 Å². The highest BCUT2D eigenvalue weighted by Gasteiger charge is 2.55. The second-order valence-electron chi connectivity index (χ2n) is 25.7. The van der Waals surface area contributed by atoms with Crippen LogP contribution in [-0.4, -0.2) is 100 Å². The predicted octanol–water partition coefficient (Wildman–Crippen LogP) is 7.36. The lowest BCUT2D eigenvalue weighted by Gasteiger charge is -2.55. The smallest absolute Gasteiger partial charge is 0.330 e. The number of hydrogen-bond donors (Lipinski definition) is 15. The van der Waals surface area contributed by atoms with Crippen molar-refractivity contribution in [2.24, 2.45) is 23.2 Å². The molecule has 6 aliphatic heterocycles. The Balaban J connectivity index is 0.934. The lowest BCUT2D eigenvalue weighted by atomic mass is 9.49. The summed E-state index contributed by atoms with van der Waals surface area (Å²) < 4.78 is 18.8. The van der Waals surface area contributed by atoms with Crippen LogP contribution in [0.5, 0.6) is 69.0 Å². The zero-order valence-electron chi connectivity index (χ0n) is 50.6. The summed E-state index contributed by atoms with van der Waals surface area (Å²) in [4.78, 5) is 121. The average molecular weight is 1360 g/mol. The molecule has 4 saturated carbocycles. The number of aliphatic carboxylic acids is 1. The molecule has 7 amide bonds. The van der Waals surface area contributed by atoms with Crippen LogP contribution < -0.4 is 51.4 Å². The summed E-state index contributed by atoms with van der Waals surface area (Å²) in [6.07, 6.45) is 2.38. The number of rotatable bonds is 3. The third-order valence-electron chi connectivity index (χ3n) is 19.2. The Labute approximate surface area is 559 Å². The van der Waals surface area contributed by atoms with Gasteiger partial charge in [0.15, 0.2) is 29.0 Å². The second-order valence-corrected chi connectivity index (χ2v) is 26.5. The van der Waals surface area contributed by atoms with Crippen molar-refractivity contribution < 1.29 is 93.4 Å². The maximum Gasteiger partial charge on any atom is 0.330 e. The van der Waals surface area contributed by atoms with Gasteiger partial charge in [-0.1, -0.05) is 47.5 Å². The molecule has 0 saturated heterocycles. The van der Waals surface area contributed by atoms with Crippen LogP contribution in [0.3, 0.4) is 0 Å². The summed E-state index contributed by atoms with van der Waals surface area (Å²) in [7, 11) is 0. The van der Waals surface area contributed by atoms with Crippen molar-refractivity contribution in [3.05, 3.63) is 164 Å². The Morgan fingerprint density at radius 2 is 1.06 bits per heavy atom. The number of benzene rings is 7. The summed E-state index contributed by atoms with van der Waals surface area (Å²) in [5.74, 6) is -14.4. The lowest BCUT2D eigenvalue weighted by molar-refractivity contribution is -0.148. The largest absolute Gasteiger partial charge is 0.508 e. The SMILES string of the molecule is O=C1N[C@H]2C(=O)N[C@H]3C(=O)N[C@H](C(=O)N[C@H](C(=O)O)c4cc(O)cc(O)c4-c4cc3ccc4O)[C@H](O)c3ccc(c(Cl)c3)Oc3cc2cc(c3O)Oc2ccc(cc2Cl)C[C@H]2NC(=O)[C@@H](NC(=O)C34CC5CC(CC(C5)C3)C4)c3ccc(O)c(c3)Oc3cc(O)cc(c3)[C@@H]1NC2=O. The Bertz CT molecular complexity index is 4530. The summed E-state index contributed by atoms with van der Waals surface area (Å²) in [6.45, 7) is 0. The fraction of sp³-hybridized carbons (Fsp3) is 0.275. The zero-order valence-corrected chi connectivity index (χ0v) is 52.1. The number of phenols is 6. The molecule has 7 aromatic rings. The van der Waals surface area contributed by atoms with Crippen molar-refractivity contribution in [1.29, 1.82) is 0 Å². The Hall–Kier alpha value is -11.0. The first kappa shape index (κ1) is 63.4. The van der Waals surface area contributed by atoms with Crippen LogP contribution in [0.25, 0.3) is 11.1 Å². The van der Waals surface area contributed by atoms with E-state index in [4.69, 9.17) is 37.4 Å². The third-order valence-corrected chi connectivity index (χ3v) is 19.8. The Morgan fingerprint density at radius 1 is 0.495 bits per heavy atom. The van der Waals surface area contributed by atoms with Gasteiger partial charge in [-0.25, -0.2) is 4.79 Å². The number of carboxylic acids is 1. The van der Waals surface area contributed by atoms with Gasteiger partial charge in [-0.2, -0.15) is 0 Å². The van der Waals surface area contributed by atoms with Crippen molar-refractivity contribution in [2.45, 2.75) is 93.3 Å². The molecule has 10 aliphatic rings. The maximum absolute atomic E-state index is 15.9. The molecule has 26 nitrogen and oxygen atoms in total. The normalized spacial score (nSPS) is 26.4. The van der Waals surface area contributed by atoms with E-state index >= 15 is 24.0 Å². The van der Waals surface area contributed by atoms with Gasteiger partial charge in [-0.3, -0.25) is 33.6 Å². The topological polar surface area (TPSA) is 410 Å². The molecule has 28 heteroatoms. The van der Waals surface area contributed by atoms with Gasteiger partial charge < -0.3 is 92.3 Å². The van der Waals surface area contributed by atoms with E-state index in [9.17, 15) is 55.2 Å². The van der Waals surface area contributed by atoms with Crippen LogP contribution in [0.4, 0.5) is 0 Å². The lowest BCUT2D eigenvalue weighted by Crippen LogP contribution is -2.57. The number of fused-ring (bicyclic) bond motifs is 14. The molecule has 17 rings (SSSR count). The number of carboxylic acid groups (broad SMARTS) is 1. The van der Waals surface area contributed by atoms with E-state index in [1.165, 1.54) is 54.6 Å². The monoisotopic (exact) mass is 1360 g/mol. The number of ether oxygens (including phenoxy) is 3. The van der Waals surface area contributed by atoms with Crippen LogP contribution >= 0.6 is 23.2 Å². The summed E-state index contributed by atoms with van der Waals surface area (Å²) in [5.41, 5.74) is -2.84. The molecule has 0 unspecified atom stereocenters. The molecule has 15 N–H and O–H groups in total. The van der Waals surface area contributed by atoms with Crippen LogP contribution in [-0.2, 0) is 44.8 Å². The van der Waals surface area contributed by atoms with Crippen LogP contribution in [0, 0.1) is 23.2 Å². The second kappa shape index (κ2) is 24.4. The van der Waals surface area contributed by atoms with Gasteiger partial charge >= 0.3 is 5.97 Å². The van der Waals surface area contributed by atoms with Crippen LogP contribution in [0.15, 0.2) is 115 Å². The fourth-order valence-corrected chi connectivity index (χ4v) is 15.5. The molecule has 6 heterocycles. The van der Waals surface area contributed by atoms with E-state index in [0.29, 0.717) is 42.6 Å². The minimum Gasteiger partial charge on any atom is -0.508 e. The first-order valence-electron chi connectivity index (χ1n) is 30.9. The molecule has 7 aromatic carbocycles. The number of aliphatic hydroxyl groups excluding tert-OH is 1. The van der Waals surface area contributed by atoms with Gasteiger partial charge in [0.25, 0.3) is 0 Å². The fourth-order valence-electron chi connectivity index (χ4n) is 15.0. The van der Waals surface area contributed by atoms with Gasteiger partial charge in [0, 0.05) is 40.7 Å². The molecule has 0 aromatic heterocycles. The maximum atomic E-state index is 15.9. The van der Waals surface area contributed by atoms with Crippen molar-refractivity contribution in [3.63, 3.8) is 0 Å². The molecule has 0 spiro atoms. The van der Waals surface area contributed by atoms with E-state index in [1.54, 1.807) is 0 Å². The highest BCUT2D eigenvalue weighted by molar-refractivity contribution is 6.32. The quantitative estimate of drug-likeness (QED) is 0.0821. The molecule has 4 fully saturated rings. The molecule has 498 valence electrons. The van der Waals surface area contributed by atoms with E-state index in [2.05, 4.69) is 37.2 Å². The first-order valence-corrected chi connectivity index (χ1v) is 31.7. The van der Waals surface area contributed by atoms with Gasteiger partial charge in [-0.05, 0) is 169 Å². The van der Waals surface area contributed by atoms with Gasteiger partial charge in [0.05, 0.1) is 10.0 Å². The molecule has 21 bridgehead atoms. The van der Waals surface area contributed by atoms with E-state index in [0.717, 1.165) is 79.9 Å². The number of halogens is 2. The standard InChI is InChI=1S/C69H59Cl2N7O19/c70-41-12-27-1-7-47(41)96-50-19-35-20-51(60(50)85)97-48-8-4-33(17-42(48)71)59(84)58-66(91)76-57(67(92)93)40-22-37(80)23-46(83)52(40)39-16-31(2-5-44(39)81)53(63(88)77-58)74-65(90)56(35)75-64(89)55-34-14-36(79)21-38(15-34)95-49-18-32(3-6-45(49)82)54(62(87)72-43(13-27)61(86)73-55)78-68(94)69-24-28-9-29(25-69)11-30(10-28)26-69/h1-8,12,14-23,28-30,43,53-59,79-85H,9-11,13,24-26H2,(H,72,87)(H,73,86)(H,74,90)(H,75,89)(H,76,91)(H,77,88)(H,78,94)(H,92,93)/t28?,29?,30?,43-,53-,54+,55+,56-,57+,58+,59-,69?/m1/s1. The van der Waals surface area contributed by atoms with Crippen LogP contribution in [0.2, 0.25) is 10.0 Å². The van der Waals surface area contributed by atoms with Gasteiger partial charge in [0.2, 0.25) is 47.1 Å². The minimum atomic E-state index is -2.21. The van der Waals surface area contributed by atoms with Crippen molar-refractivity contribution in [2.75, 3.05) is 0 Å². The molecule has 0 radical (unpaired) electrons. The molecule has 97 heavy (non-hydrogen) atoms. The Kier molecular flexibility index (Phi) is 15.9. The number of aromatic hydroxyl groups is 6. The van der Waals surface area contributed by atoms with Crippen molar-refractivity contribution in [1.82, 2.24) is 37.2 Å². The summed E-state index contributed by atoms with van der Waals surface area (Å²) in [6, 6.07) is 8.27. The molecular weight excluding hydrogens is 1300 g/mol. The van der Waals surface area contributed by atoms with E-state index in [-0.39, 0.29) is 73.2 Å². The number of nitrogens with one attached hydrogen (secondary N) is 7. The predicted molar refractivity (Wildman–Crippen MR) is 340 cm³/mol. The van der Waals surface area contributed by atoms with Gasteiger partial charge in [0.1, 0.15) is 82.6 Å². The minimum absolute atomic E-state index is 0.132. The number of aliphatic hydroxyl groups is 1. The Morgan fingerprint density at radius 3 is 1.71 bits per heavy atom. The van der Waals surface area contributed by atoms with Crippen LogP contribution in [0.1, 0.15) is 114 Å². The summed E-state index contributed by atoms with van der Waals surface area (Å²) >= 11 is 13.9. The summed E-state index contributed by atoms with van der Waals surface area (Å²) in [5, 5.41) is 110. The zero-order chi connectivity index (χ0) is 68.2. The molecule has 4 aliphatic carbocycles. The third kappa shape index (κ3) is 11.9. The number of amides is 7. The highest BCUT2D eigenvalue weighted by atomic mass is 35.5. The number of carbonyl (C=O) groups excluding carboxylic acids is 7. The number of hydrogen-bond acceptors (Lipinski definition) is 18. The number of phenolic OH excluding ortho intramolecular Hbond substituents is 6. The first-order chi connectivity index (χ1) is 46.3. The number of carbonyl (C=O) groups is 8.